The molecule has 0 aliphatic heterocycles. The first kappa shape index (κ1) is 14.5. The third-order valence-corrected chi connectivity index (χ3v) is 3.15. The molecule has 0 fully saturated rings. The van der Waals surface area contributed by atoms with Gasteiger partial charge in [-0.25, -0.2) is 0 Å². The molecule has 1 heterocycles. The normalized spacial score (nSPS) is 11.9. The Bertz CT molecular complexity index is 557. The maximum Gasteiger partial charge on any atom is 0.238 e. The molecule has 1 unspecified atom stereocenters. The molecule has 2 N–H and O–H groups in total. The van der Waals surface area contributed by atoms with Crippen molar-refractivity contribution >= 4 is 23.2 Å². The Morgan fingerprint density at radius 3 is 2.50 bits per heavy atom. The van der Waals surface area contributed by atoms with Crippen molar-refractivity contribution in [3.63, 3.8) is 0 Å². The lowest BCUT2D eigenvalue weighted by molar-refractivity contribution is -0.115. The number of rotatable bonds is 5. The predicted molar refractivity (Wildman–Crippen MR) is 80.7 cm³/mol. The zero-order chi connectivity index (χ0) is 14.4. The predicted octanol–water partition coefficient (Wildman–Crippen LogP) is 3.02. The second kappa shape index (κ2) is 7.03. The number of nitrogens with one attached hydrogen (secondary N) is 2. The molecule has 0 saturated carbocycles. The van der Waals surface area contributed by atoms with E-state index in [1.165, 1.54) is 0 Å². The number of hydrogen-bond acceptors (Lipinski definition) is 3. The van der Waals surface area contributed by atoms with E-state index >= 15 is 0 Å². The quantitative estimate of drug-likeness (QED) is 0.889. The fourth-order valence-corrected chi connectivity index (χ4v) is 1.88. The Kier molecular flexibility index (Phi) is 5.09. The second-order valence-corrected chi connectivity index (χ2v) is 4.87. The van der Waals surface area contributed by atoms with E-state index in [2.05, 4.69) is 15.6 Å². The molecule has 0 radical (unpaired) electrons. The van der Waals surface area contributed by atoms with Gasteiger partial charge in [0, 0.05) is 29.1 Å². The molecule has 0 spiro atoms. The number of hydrogen-bond donors (Lipinski definition) is 2. The van der Waals surface area contributed by atoms with Crippen molar-refractivity contribution in [1.82, 2.24) is 10.3 Å². The first-order valence-electron chi connectivity index (χ1n) is 6.34. The van der Waals surface area contributed by atoms with E-state index in [1.54, 1.807) is 36.7 Å². The fraction of sp³-hybridized carbons (Fsp3) is 0.200. The summed E-state index contributed by atoms with van der Waals surface area (Å²) in [4.78, 5) is 15.8. The maximum atomic E-state index is 11.8. The number of aromatic nitrogens is 1. The minimum Gasteiger partial charge on any atom is -0.325 e. The molecule has 20 heavy (non-hydrogen) atoms. The van der Waals surface area contributed by atoms with E-state index in [-0.39, 0.29) is 18.5 Å². The number of carbonyl (C=O) groups excluding carboxylic acids is 1. The fourth-order valence-electron chi connectivity index (χ4n) is 1.75. The number of nitrogens with zero attached hydrogens (tertiary/aromatic N) is 1. The van der Waals surface area contributed by atoms with Crippen LogP contribution in [0.3, 0.4) is 0 Å². The number of carbonyl (C=O) groups is 1. The van der Waals surface area contributed by atoms with Crippen LogP contribution in [0.5, 0.6) is 0 Å². The van der Waals surface area contributed by atoms with Gasteiger partial charge >= 0.3 is 0 Å². The summed E-state index contributed by atoms with van der Waals surface area (Å²) in [5.74, 6) is -0.0896. The van der Waals surface area contributed by atoms with E-state index in [0.29, 0.717) is 5.02 Å². The van der Waals surface area contributed by atoms with Crippen LogP contribution in [0, 0.1) is 0 Å². The van der Waals surface area contributed by atoms with Crippen LogP contribution in [-0.4, -0.2) is 17.4 Å². The van der Waals surface area contributed by atoms with E-state index in [4.69, 9.17) is 11.6 Å². The molecule has 104 valence electrons. The highest BCUT2D eigenvalue weighted by Gasteiger charge is 2.07. The molecule has 0 saturated heterocycles. The highest BCUT2D eigenvalue weighted by molar-refractivity contribution is 6.30. The van der Waals surface area contributed by atoms with Gasteiger partial charge < -0.3 is 10.6 Å². The summed E-state index contributed by atoms with van der Waals surface area (Å²) in [6, 6.07) is 11.0. The van der Waals surface area contributed by atoms with Crippen LogP contribution in [0.25, 0.3) is 0 Å². The van der Waals surface area contributed by atoms with Crippen molar-refractivity contribution in [3.05, 3.63) is 59.4 Å². The van der Waals surface area contributed by atoms with Crippen molar-refractivity contribution < 1.29 is 4.79 Å². The van der Waals surface area contributed by atoms with Gasteiger partial charge in [-0.1, -0.05) is 11.6 Å². The molecule has 1 aromatic heterocycles. The summed E-state index contributed by atoms with van der Waals surface area (Å²) in [7, 11) is 0. The Hall–Kier alpha value is -1.91. The second-order valence-electron chi connectivity index (χ2n) is 4.44. The van der Waals surface area contributed by atoms with Gasteiger partial charge in [-0.2, -0.15) is 0 Å². The van der Waals surface area contributed by atoms with Gasteiger partial charge in [0.25, 0.3) is 0 Å². The molecular weight excluding hydrogens is 274 g/mol. The number of anilines is 1. The Morgan fingerprint density at radius 2 is 1.85 bits per heavy atom. The van der Waals surface area contributed by atoms with Crippen LogP contribution < -0.4 is 10.6 Å². The SMILES string of the molecule is CC(NCC(=O)Nc1ccc(Cl)cc1)c1ccncc1. The van der Waals surface area contributed by atoms with Crippen molar-refractivity contribution in [3.8, 4) is 0 Å². The van der Waals surface area contributed by atoms with E-state index in [1.807, 2.05) is 19.1 Å². The largest absolute Gasteiger partial charge is 0.325 e. The molecular formula is C15H16ClN3O. The van der Waals surface area contributed by atoms with Crippen LogP contribution in [0.4, 0.5) is 5.69 Å². The minimum atomic E-state index is -0.0896. The Balaban J connectivity index is 1.82. The summed E-state index contributed by atoms with van der Waals surface area (Å²) in [6.07, 6.45) is 3.47. The Labute approximate surface area is 123 Å². The third-order valence-electron chi connectivity index (χ3n) is 2.90. The van der Waals surface area contributed by atoms with Crippen LogP contribution in [0.2, 0.25) is 5.02 Å². The first-order valence-corrected chi connectivity index (χ1v) is 6.71. The number of amides is 1. The Morgan fingerprint density at radius 1 is 1.20 bits per heavy atom. The minimum absolute atomic E-state index is 0.0896. The van der Waals surface area contributed by atoms with Crippen molar-refractivity contribution in [2.45, 2.75) is 13.0 Å². The number of pyridine rings is 1. The molecule has 1 aromatic carbocycles. The van der Waals surface area contributed by atoms with Gasteiger partial charge in [-0.05, 0) is 48.9 Å². The maximum absolute atomic E-state index is 11.8. The molecule has 2 aromatic rings. The highest BCUT2D eigenvalue weighted by atomic mass is 35.5. The van der Waals surface area contributed by atoms with E-state index in [0.717, 1.165) is 11.3 Å². The van der Waals surface area contributed by atoms with Gasteiger partial charge in [-0.15, -0.1) is 0 Å². The summed E-state index contributed by atoms with van der Waals surface area (Å²) < 4.78 is 0. The van der Waals surface area contributed by atoms with E-state index in [9.17, 15) is 4.79 Å². The zero-order valence-corrected chi connectivity index (χ0v) is 11.9. The van der Waals surface area contributed by atoms with Crippen LogP contribution >= 0.6 is 11.6 Å². The molecule has 1 atom stereocenters. The summed E-state index contributed by atoms with van der Waals surface area (Å²) in [6.45, 7) is 2.25. The van der Waals surface area contributed by atoms with Crippen molar-refractivity contribution in [1.29, 1.82) is 0 Å². The lowest BCUT2D eigenvalue weighted by atomic mass is 10.1. The zero-order valence-electron chi connectivity index (χ0n) is 11.1. The third kappa shape index (κ3) is 4.33. The summed E-state index contributed by atoms with van der Waals surface area (Å²) in [5, 5.41) is 6.61. The average Bonchev–Trinajstić information content (AvgIpc) is 2.48. The average molecular weight is 290 g/mol. The van der Waals surface area contributed by atoms with Gasteiger partial charge in [0.1, 0.15) is 0 Å². The molecule has 0 bridgehead atoms. The topological polar surface area (TPSA) is 54.0 Å². The molecule has 4 nitrogen and oxygen atoms in total. The smallest absolute Gasteiger partial charge is 0.238 e. The van der Waals surface area contributed by atoms with E-state index < -0.39 is 0 Å². The van der Waals surface area contributed by atoms with Gasteiger partial charge in [0.05, 0.1) is 6.54 Å². The lowest BCUT2D eigenvalue weighted by Crippen LogP contribution is -2.30. The molecule has 1 amide bonds. The lowest BCUT2D eigenvalue weighted by Gasteiger charge is -2.13. The van der Waals surface area contributed by atoms with Crippen molar-refractivity contribution in [2.24, 2.45) is 0 Å². The van der Waals surface area contributed by atoms with Crippen LogP contribution in [0.15, 0.2) is 48.8 Å². The highest BCUT2D eigenvalue weighted by Crippen LogP contribution is 2.13. The monoisotopic (exact) mass is 289 g/mol. The molecule has 2 rings (SSSR count). The van der Waals surface area contributed by atoms with Crippen LogP contribution in [-0.2, 0) is 4.79 Å². The molecule has 0 aliphatic rings. The molecule has 0 aliphatic carbocycles. The van der Waals surface area contributed by atoms with Gasteiger partial charge in [-0.3, -0.25) is 9.78 Å². The summed E-state index contributed by atoms with van der Waals surface area (Å²) in [5.41, 5.74) is 1.83. The van der Waals surface area contributed by atoms with Crippen LogP contribution in [0.1, 0.15) is 18.5 Å². The first-order chi connectivity index (χ1) is 9.65. The standard InChI is InChI=1S/C15H16ClN3O/c1-11(12-6-8-17-9-7-12)18-10-15(20)19-14-4-2-13(16)3-5-14/h2-9,11,18H,10H2,1H3,(H,19,20). The van der Waals surface area contributed by atoms with Gasteiger partial charge in [0.15, 0.2) is 0 Å². The van der Waals surface area contributed by atoms with Gasteiger partial charge in [0.2, 0.25) is 5.91 Å². The molecule has 5 heteroatoms. The summed E-state index contributed by atoms with van der Waals surface area (Å²) >= 11 is 5.79. The number of benzene rings is 1. The van der Waals surface area contributed by atoms with Crippen molar-refractivity contribution in [2.75, 3.05) is 11.9 Å². The number of halogens is 1.